The second kappa shape index (κ2) is 5.52. The van der Waals surface area contributed by atoms with Crippen LogP contribution < -0.4 is 10.2 Å². The molecular weight excluding hydrogens is 312 g/mol. The smallest absolute Gasteiger partial charge is 0.299 e. The van der Waals surface area contributed by atoms with E-state index in [0.717, 1.165) is 4.47 Å². The number of nitrogens with zero attached hydrogens (tertiary/aromatic N) is 1. The Morgan fingerprint density at radius 2 is 2.11 bits per heavy atom. The van der Waals surface area contributed by atoms with Gasteiger partial charge in [-0.05, 0) is 24.6 Å². The molecule has 1 aliphatic heterocycles. The Kier molecular flexibility index (Phi) is 3.99. The number of rotatable bonds is 4. The highest BCUT2D eigenvalue weighted by atomic mass is 79.9. The zero-order valence-electron chi connectivity index (χ0n) is 10.4. The zero-order chi connectivity index (χ0) is 14.0. The summed E-state index contributed by atoms with van der Waals surface area (Å²) in [6.07, 6.45) is 0.850. The molecule has 19 heavy (non-hydrogen) atoms. The van der Waals surface area contributed by atoms with E-state index in [-0.39, 0.29) is 5.91 Å². The first-order valence-electron chi connectivity index (χ1n) is 5.91. The molecule has 6 heteroatoms. The topological polar surface area (TPSA) is 66.5 Å². The minimum atomic E-state index is -0.523. The van der Waals surface area contributed by atoms with Crippen LogP contribution in [0.2, 0.25) is 0 Å². The van der Waals surface area contributed by atoms with Crippen LogP contribution in [-0.4, -0.2) is 31.2 Å². The van der Waals surface area contributed by atoms with Crippen molar-refractivity contribution in [3.8, 4) is 0 Å². The highest BCUT2D eigenvalue weighted by Gasteiger charge is 2.35. The van der Waals surface area contributed by atoms with E-state index in [4.69, 9.17) is 0 Å². The molecule has 1 N–H and O–H groups in total. The van der Waals surface area contributed by atoms with Crippen LogP contribution in [0, 0.1) is 0 Å². The van der Waals surface area contributed by atoms with Crippen LogP contribution in [0.25, 0.3) is 0 Å². The number of ketones is 1. The molecule has 0 atom stereocenters. The van der Waals surface area contributed by atoms with Gasteiger partial charge >= 0.3 is 0 Å². The van der Waals surface area contributed by atoms with E-state index in [9.17, 15) is 14.4 Å². The fraction of sp³-hybridized carbons (Fsp3) is 0.308. The molecule has 1 heterocycles. The quantitative estimate of drug-likeness (QED) is 0.853. The van der Waals surface area contributed by atoms with Gasteiger partial charge in [0.1, 0.15) is 0 Å². The maximum atomic E-state index is 11.9. The molecule has 1 aromatic carbocycles. The van der Waals surface area contributed by atoms with Crippen LogP contribution in [0.3, 0.4) is 0 Å². The van der Waals surface area contributed by atoms with Gasteiger partial charge in [-0.2, -0.15) is 0 Å². The van der Waals surface area contributed by atoms with Crippen LogP contribution in [-0.2, 0) is 9.59 Å². The van der Waals surface area contributed by atoms with Gasteiger partial charge in [0.25, 0.3) is 11.7 Å². The second-order valence-corrected chi connectivity index (χ2v) is 5.14. The lowest BCUT2D eigenvalue weighted by Crippen LogP contribution is -2.31. The molecule has 100 valence electrons. The van der Waals surface area contributed by atoms with Gasteiger partial charge in [0.05, 0.1) is 11.3 Å². The van der Waals surface area contributed by atoms with Crippen LogP contribution in [0.15, 0.2) is 22.7 Å². The number of anilines is 1. The SMILES string of the molecule is CNC(=O)CCCN1C(=O)C(=O)c2ccc(Br)cc21. The number of amides is 2. The van der Waals surface area contributed by atoms with E-state index in [2.05, 4.69) is 21.2 Å². The molecular formula is C13H13BrN2O3. The van der Waals surface area contributed by atoms with Crippen molar-refractivity contribution in [3.63, 3.8) is 0 Å². The number of halogens is 1. The fourth-order valence-electron chi connectivity index (χ4n) is 2.01. The molecule has 5 nitrogen and oxygen atoms in total. The van der Waals surface area contributed by atoms with Crippen molar-refractivity contribution in [2.45, 2.75) is 12.8 Å². The standard InChI is InChI=1S/C13H13BrN2O3/c1-15-11(17)3-2-6-16-10-7-8(14)4-5-9(10)12(18)13(16)19/h4-5,7H,2-3,6H2,1H3,(H,15,17). The van der Waals surface area contributed by atoms with Gasteiger partial charge in [-0.15, -0.1) is 0 Å². The number of hydrogen-bond acceptors (Lipinski definition) is 3. The minimum Gasteiger partial charge on any atom is -0.359 e. The predicted molar refractivity (Wildman–Crippen MR) is 74.1 cm³/mol. The Hall–Kier alpha value is -1.69. The third-order valence-corrected chi connectivity index (χ3v) is 3.49. The van der Waals surface area contributed by atoms with Crippen molar-refractivity contribution in [2.24, 2.45) is 0 Å². The molecule has 2 rings (SSSR count). The van der Waals surface area contributed by atoms with Gasteiger partial charge in [0.15, 0.2) is 0 Å². The van der Waals surface area contributed by atoms with Crippen LogP contribution in [0.5, 0.6) is 0 Å². The highest BCUT2D eigenvalue weighted by molar-refractivity contribution is 9.10. The number of nitrogens with one attached hydrogen (secondary N) is 1. The Balaban J connectivity index is 2.14. The van der Waals surface area contributed by atoms with E-state index < -0.39 is 11.7 Å². The molecule has 1 aromatic rings. The largest absolute Gasteiger partial charge is 0.359 e. The molecule has 0 aromatic heterocycles. The van der Waals surface area contributed by atoms with E-state index in [1.54, 1.807) is 25.2 Å². The lowest BCUT2D eigenvalue weighted by atomic mass is 10.1. The zero-order valence-corrected chi connectivity index (χ0v) is 12.0. The van der Waals surface area contributed by atoms with E-state index in [0.29, 0.717) is 30.6 Å². The highest BCUT2D eigenvalue weighted by Crippen LogP contribution is 2.31. The summed E-state index contributed by atoms with van der Waals surface area (Å²) in [5.41, 5.74) is 1.04. The first kappa shape index (κ1) is 13.7. The molecule has 0 bridgehead atoms. The van der Waals surface area contributed by atoms with Gasteiger partial charge in [0, 0.05) is 24.5 Å². The number of benzene rings is 1. The third kappa shape index (κ3) is 2.68. The number of Topliss-reactive ketones (excluding diaryl/α,β-unsaturated/α-hetero) is 1. The molecule has 0 fully saturated rings. The maximum Gasteiger partial charge on any atom is 0.299 e. The first-order valence-corrected chi connectivity index (χ1v) is 6.70. The molecule has 0 saturated carbocycles. The van der Waals surface area contributed by atoms with E-state index in [1.165, 1.54) is 4.90 Å². The van der Waals surface area contributed by atoms with E-state index >= 15 is 0 Å². The van der Waals surface area contributed by atoms with Gasteiger partial charge in [-0.3, -0.25) is 14.4 Å². The Labute approximate surface area is 119 Å². The lowest BCUT2D eigenvalue weighted by Gasteiger charge is -2.16. The van der Waals surface area contributed by atoms with Gasteiger partial charge in [-0.1, -0.05) is 15.9 Å². The summed E-state index contributed by atoms with van der Waals surface area (Å²) in [4.78, 5) is 36.2. The average molecular weight is 325 g/mol. The molecule has 0 aliphatic carbocycles. The summed E-state index contributed by atoms with van der Waals surface area (Å²) in [7, 11) is 1.57. The van der Waals surface area contributed by atoms with Crippen molar-refractivity contribution >= 4 is 39.2 Å². The van der Waals surface area contributed by atoms with Crippen molar-refractivity contribution < 1.29 is 14.4 Å². The molecule has 0 saturated heterocycles. The molecule has 1 aliphatic rings. The summed E-state index contributed by atoms with van der Waals surface area (Å²) >= 11 is 3.32. The summed E-state index contributed by atoms with van der Waals surface area (Å²) in [6.45, 7) is 0.363. The predicted octanol–water partition coefficient (Wildman–Crippen LogP) is 1.50. The maximum absolute atomic E-state index is 11.9. The summed E-state index contributed by atoms with van der Waals surface area (Å²) in [5.74, 6) is -1.08. The monoisotopic (exact) mass is 324 g/mol. The van der Waals surface area contributed by atoms with Crippen molar-refractivity contribution in [1.29, 1.82) is 0 Å². The minimum absolute atomic E-state index is 0.0764. The molecule has 0 radical (unpaired) electrons. The van der Waals surface area contributed by atoms with Crippen molar-refractivity contribution in [2.75, 3.05) is 18.5 Å². The average Bonchev–Trinajstić information content (AvgIpc) is 2.63. The number of hydrogen-bond donors (Lipinski definition) is 1. The molecule has 0 spiro atoms. The van der Waals surface area contributed by atoms with Crippen LogP contribution >= 0.6 is 15.9 Å². The normalized spacial score (nSPS) is 13.7. The lowest BCUT2D eigenvalue weighted by molar-refractivity contribution is -0.121. The van der Waals surface area contributed by atoms with Gasteiger partial charge in [0.2, 0.25) is 5.91 Å². The Morgan fingerprint density at radius 1 is 1.37 bits per heavy atom. The van der Waals surface area contributed by atoms with Crippen molar-refractivity contribution in [1.82, 2.24) is 5.32 Å². The fourth-order valence-corrected chi connectivity index (χ4v) is 2.36. The van der Waals surface area contributed by atoms with E-state index in [1.807, 2.05) is 0 Å². The third-order valence-electron chi connectivity index (χ3n) is 3.00. The van der Waals surface area contributed by atoms with Crippen LogP contribution in [0.1, 0.15) is 23.2 Å². The second-order valence-electron chi connectivity index (χ2n) is 4.22. The first-order chi connectivity index (χ1) is 9.04. The number of carbonyl (C=O) groups excluding carboxylic acids is 3. The number of fused-ring (bicyclic) bond motifs is 1. The Bertz CT molecular complexity index is 557. The summed E-state index contributed by atoms with van der Waals surface area (Å²) in [6, 6.07) is 5.12. The summed E-state index contributed by atoms with van der Waals surface area (Å²) in [5, 5.41) is 2.52. The Morgan fingerprint density at radius 3 is 2.79 bits per heavy atom. The summed E-state index contributed by atoms with van der Waals surface area (Å²) < 4.78 is 0.810. The van der Waals surface area contributed by atoms with Gasteiger partial charge < -0.3 is 10.2 Å². The van der Waals surface area contributed by atoms with Gasteiger partial charge in [-0.25, -0.2) is 0 Å². The molecule has 0 unspecified atom stereocenters. The van der Waals surface area contributed by atoms with Crippen molar-refractivity contribution in [3.05, 3.63) is 28.2 Å². The molecule has 2 amide bonds. The van der Waals surface area contributed by atoms with Crippen LogP contribution in [0.4, 0.5) is 5.69 Å². The number of carbonyl (C=O) groups is 3.